The second kappa shape index (κ2) is 9.22. The van der Waals surface area contributed by atoms with Crippen molar-refractivity contribution in [3.05, 3.63) is 73.8 Å². The lowest BCUT2D eigenvalue weighted by Crippen LogP contribution is -2.41. The van der Waals surface area contributed by atoms with Crippen LogP contribution in [0.3, 0.4) is 0 Å². The molecule has 4 rings (SSSR count). The first kappa shape index (κ1) is 20.9. The summed E-state index contributed by atoms with van der Waals surface area (Å²) in [5, 5.41) is 9.13. The maximum absolute atomic E-state index is 14.1. The van der Waals surface area contributed by atoms with Gasteiger partial charge in [-0.1, -0.05) is 17.7 Å². The van der Waals surface area contributed by atoms with E-state index in [1.165, 1.54) is 11.1 Å². The van der Waals surface area contributed by atoms with E-state index in [9.17, 15) is 13.6 Å². The third-order valence-corrected chi connectivity index (χ3v) is 6.24. The Labute approximate surface area is 180 Å². The Morgan fingerprint density at radius 1 is 1.27 bits per heavy atom. The highest BCUT2D eigenvalue weighted by atomic mass is 35.5. The molecule has 10 heteroatoms. The van der Waals surface area contributed by atoms with E-state index in [1.54, 1.807) is 11.3 Å². The number of benzene rings is 1. The van der Waals surface area contributed by atoms with Gasteiger partial charge < -0.3 is 10.1 Å². The molecule has 1 saturated heterocycles. The molecule has 1 fully saturated rings. The van der Waals surface area contributed by atoms with Crippen LogP contribution >= 0.6 is 22.9 Å². The normalized spacial score (nSPS) is 15.8. The molecule has 3 aromatic rings. The zero-order valence-electron chi connectivity index (χ0n) is 15.9. The summed E-state index contributed by atoms with van der Waals surface area (Å²) < 4.78 is 33.5. The fourth-order valence-corrected chi connectivity index (χ4v) is 4.42. The molecule has 3 heterocycles. The van der Waals surface area contributed by atoms with Crippen molar-refractivity contribution in [1.29, 1.82) is 0 Å². The van der Waals surface area contributed by atoms with Gasteiger partial charge in [-0.3, -0.25) is 9.69 Å². The van der Waals surface area contributed by atoms with Gasteiger partial charge in [0.2, 0.25) is 0 Å². The predicted molar refractivity (Wildman–Crippen MR) is 113 cm³/mol. The molecule has 1 aliphatic heterocycles. The minimum absolute atomic E-state index is 0.0851. The SMILES string of the molecule is O=c1c(Cl)c(NCC(c2cccs2)N2CCOCC2)cnn1-c1ccc(F)cc1F. The number of halogens is 3. The molecule has 158 valence electrons. The molecule has 1 aromatic carbocycles. The standard InChI is InChI=1S/C20H19ClF2N4O2S/c21-19-15(11-25-27(20(19)28)16-4-3-13(22)10-14(16)23)24-12-17(18-2-1-9-30-18)26-5-7-29-8-6-26/h1-4,9-11,17,24H,5-8,12H2. The number of thiophene rings is 1. The Balaban J connectivity index is 1.57. The number of hydrogen-bond donors (Lipinski definition) is 1. The van der Waals surface area contributed by atoms with Gasteiger partial charge in [0.05, 0.1) is 31.1 Å². The molecule has 6 nitrogen and oxygen atoms in total. The van der Waals surface area contributed by atoms with Crippen LogP contribution in [0.5, 0.6) is 0 Å². The van der Waals surface area contributed by atoms with Crippen LogP contribution < -0.4 is 10.9 Å². The number of anilines is 1. The van der Waals surface area contributed by atoms with Gasteiger partial charge in [-0.2, -0.15) is 9.78 Å². The molecule has 0 saturated carbocycles. The molecule has 0 radical (unpaired) electrons. The minimum Gasteiger partial charge on any atom is -0.380 e. The van der Waals surface area contributed by atoms with Crippen LogP contribution in [-0.4, -0.2) is 47.5 Å². The Morgan fingerprint density at radius 3 is 2.77 bits per heavy atom. The highest BCUT2D eigenvalue weighted by Gasteiger charge is 2.24. The summed E-state index contributed by atoms with van der Waals surface area (Å²) in [5.74, 6) is -1.64. The Hall–Kier alpha value is -2.33. The fraction of sp³-hybridized carbons (Fsp3) is 0.300. The maximum Gasteiger partial charge on any atom is 0.292 e. The maximum atomic E-state index is 14.1. The van der Waals surface area contributed by atoms with Gasteiger partial charge >= 0.3 is 0 Å². The first-order valence-corrected chi connectivity index (χ1v) is 10.6. The van der Waals surface area contributed by atoms with E-state index in [2.05, 4.69) is 21.4 Å². The Bertz CT molecular complexity index is 1070. The molecule has 0 amide bonds. The minimum atomic E-state index is -0.897. The van der Waals surface area contributed by atoms with Crippen molar-refractivity contribution in [1.82, 2.24) is 14.7 Å². The van der Waals surface area contributed by atoms with Crippen molar-refractivity contribution >= 4 is 28.6 Å². The van der Waals surface area contributed by atoms with E-state index in [-0.39, 0.29) is 16.8 Å². The fourth-order valence-electron chi connectivity index (χ4n) is 3.37. The van der Waals surface area contributed by atoms with Crippen molar-refractivity contribution in [3.63, 3.8) is 0 Å². The first-order chi connectivity index (χ1) is 14.5. The summed E-state index contributed by atoms with van der Waals surface area (Å²) in [4.78, 5) is 16.2. The van der Waals surface area contributed by atoms with E-state index in [1.807, 2.05) is 11.4 Å². The number of ether oxygens (including phenoxy) is 1. The Kier molecular flexibility index (Phi) is 6.43. The van der Waals surface area contributed by atoms with E-state index in [0.29, 0.717) is 31.5 Å². The highest BCUT2D eigenvalue weighted by Crippen LogP contribution is 2.27. The van der Waals surface area contributed by atoms with Crippen molar-refractivity contribution in [2.75, 3.05) is 38.2 Å². The first-order valence-electron chi connectivity index (χ1n) is 9.37. The zero-order chi connectivity index (χ0) is 21.1. The quantitative estimate of drug-likeness (QED) is 0.618. The molecule has 1 atom stereocenters. The Morgan fingerprint density at radius 2 is 2.07 bits per heavy atom. The summed E-state index contributed by atoms with van der Waals surface area (Å²) >= 11 is 7.92. The van der Waals surface area contributed by atoms with Crippen LogP contribution in [0.1, 0.15) is 10.9 Å². The van der Waals surface area contributed by atoms with E-state index in [4.69, 9.17) is 16.3 Å². The molecule has 0 bridgehead atoms. The third-order valence-electron chi connectivity index (χ3n) is 4.90. The number of hydrogen-bond acceptors (Lipinski definition) is 6. The van der Waals surface area contributed by atoms with Crippen LogP contribution in [0.2, 0.25) is 5.02 Å². The van der Waals surface area contributed by atoms with Gasteiger partial charge in [-0.15, -0.1) is 11.3 Å². The molecule has 1 unspecified atom stereocenters. The number of nitrogens with zero attached hydrogens (tertiary/aromatic N) is 3. The molecule has 1 N–H and O–H groups in total. The number of nitrogens with one attached hydrogen (secondary N) is 1. The summed E-state index contributed by atoms with van der Waals surface area (Å²) in [5.41, 5.74) is -0.499. The van der Waals surface area contributed by atoms with Crippen molar-refractivity contribution in [3.8, 4) is 5.69 Å². The van der Waals surface area contributed by atoms with Gasteiger partial charge in [0.1, 0.15) is 16.5 Å². The molecular formula is C20H19ClF2N4O2S. The second-order valence-electron chi connectivity index (χ2n) is 6.75. The van der Waals surface area contributed by atoms with Crippen LogP contribution in [0, 0.1) is 11.6 Å². The van der Waals surface area contributed by atoms with E-state index < -0.39 is 17.2 Å². The van der Waals surface area contributed by atoms with Crippen LogP contribution in [0.15, 0.2) is 46.7 Å². The molecule has 1 aliphatic rings. The van der Waals surface area contributed by atoms with Crippen LogP contribution in [-0.2, 0) is 4.74 Å². The monoisotopic (exact) mass is 452 g/mol. The average Bonchev–Trinajstić information content (AvgIpc) is 3.27. The lowest BCUT2D eigenvalue weighted by Gasteiger charge is -2.34. The van der Waals surface area contributed by atoms with Crippen molar-refractivity contribution in [2.45, 2.75) is 6.04 Å². The van der Waals surface area contributed by atoms with E-state index in [0.717, 1.165) is 29.9 Å². The van der Waals surface area contributed by atoms with Crippen LogP contribution in [0.4, 0.5) is 14.5 Å². The van der Waals surface area contributed by atoms with Gasteiger partial charge in [0, 0.05) is 30.6 Å². The lowest BCUT2D eigenvalue weighted by molar-refractivity contribution is 0.0194. The second-order valence-corrected chi connectivity index (χ2v) is 8.10. The van der Waals surface area contributed by atoms with Gasteiger partial charge in [0.15, 0.2) is 5.82 Å². The summed E-state index contributed by atoms with van der Waals surface area (Å²) in [6.45, 7) is 3.46. The van der Waals surface area contributed by atoms with Gasteiger partial charge in [0.25, 0.3) is 5.56 Å². The lowest BCUT2D eigenvalue weighted by atomic mass is 10.2. The van der Waals surface area contributed by atoms with Gasteiger partial charge in [-0.05, 0) is 23.6 Å². The molecule has 0 spiro atoms. The highest BCUT2D eigenvalue weighted by molar-refractivity contribution is 7.10. The topological polar surface area (TPSA) is 59.4 Å². The molecule has 2 aromatic heterocycles. The van der Waals surface area contributed by atoms with Crippen molar-refractivity contribution < 1.29 is 13.5 Å². The summed E-state index contributed by atoms with van der Waals surface area (Å²) in [7, 11) is 0. The molecule has 30 heavy (non-hydrogen) atoms. The number of aromatic nitrogens is 2. The smallest absolute Gasteiger partial charge is 0.292 e. The number of morpholine rings is 1. The van der Waals surface area contributed by atoms with Gasteiger partial charge in [-0.25, -0.2) is 8.78 Å². The van der Waals surface area contributed by atoms with Crippen LogP contribution in [0.25, 0.3) is 5.69 Å². The average molecular weight is 453 g/mol. The summed E-state index contributed by atoms with van der Waals surface area (Å²) in [6.07, 6.45) is 1.37. The molecular weight excluding hydrogens is 434 g/mol. The number of rotatable bonds is 6. The van der Waals surface area contributed by atoms with Crippen molar-refractivity contribution in [2.24, 2.45) is 0 Å². The van der Waals surface area contributed by atoms with E-state index >= 15 is 0 Å². The molecule has 0 aliphatic carbocycles. The summed E-state index contributed by atoms with van der Waals surface area (Å²) in [6, 6.07) is 7.05. The predicted octanol–water partition coefficient (Wildman–Crippen LogP) is 3.71. The third kappa shape index (κ3) is 4.39. The zero-order valence-corrected chi connectivity index (χ0v) is 17.4. The largest absolute Gasteiger partial charge is 0.380 e.